The standard InChI is InChI=1S/C17H18N2O4S.C14H14N2O3.C10H14N2O2S.C9H12N2O2S/c1-22-16(20)15-14(18)12-9-19(8-7-13(12)24-15)17(21)23-10-11-5-3-2-4-6-11;15-8-12-9-16(7-6-13(12)17)14(18)19-10-11-4-2-1-3-5-11;1-12-4-3-7-6(5-12)8(11)9(15-7)10(13)14-2;1-13-9(12)8-7(10)5-4-11-3-2-6(5)14-8/h2-6H,7-10,18H2,1H3;1-5,12H,6-7,9-10H2;3-5,11H2,1-2H3;11H,2-4,10H2,1H3. The first-order valence-corrected chi connectivity index (χ1v) is 25.3. The first-order valence-electron chi connectivity index (χ1n) is 22.8. The number of nitrogens with one attached hydrogen (secondary N) is 1. The van der Waals surface area contributed by atoms with Gasteiger partial charge in [0.2, 0.25) is 0 Å². The van der Waals surface area contributed by atoms with E-state index in [0.717, 1.165) is 71.7 Å². The van der Waals surface area contributed by atoms with Crippen LogP contribution in [0.25, 0.3) is 0 Å². The van der Waals surface area contributed by atoms with Crippen molar-refractivity contribution in [3.05, 3.63) is 118 Å². The zero-order valence-corrected chi connectivity index (χ0v) is 42.9. The number of carbonyl (C=O) groups is 6. The van der Waals surface area contributed by atoms with E-state index in [1.54, 1.807) is 4.90 Å². The molecule has 1 saturated heterocycles. The number of fused-ring (bicyclic) bond motifs is 3. The molecule has 9 rings (SSSR count). The third-order valence-electron chi connectivity index (χ3n) is 11.9. The number of ether oxygens (including phenoxy) is 5. The number of likely N-dealkylation sites (N-methyl/N-ethyl adjacent to an activating group) is 1. The second-order valence-corrected chi connectivity index (χ2v) is 20.0. The average molecular weight is 1040 g/mol. The lowest BCUT2D eigenvalue weighted by molar-refractivity contribution is -0.123. The van der Waals surface area contributed by atoms with Gasteiger partial charge in [-0.25, -0.2) is 24.0 Å². The fraction of sp³-hybridized carbons (Fsp3) is 0.380. The number of Topliss-reactive ketones (excluding diaryl/α,β-unsaturated/α-hetero) is 1. The van der Waals surface area contributed by atoms with Gasteiger partial charge >= 0.3 is 30.1 Å². The van der Waals surface area contributed by atoms with E-state index in [2.05, 4.69) is 22.0 Å². The number of likely N-dealkylation sites (tertiary alicyclic amines) is 1. The number of esters is 3. The number of carbonyl (C=O) groups excluding carboxylic acids is 6. The van der Waals surface area contributed by atoms with Crippen LogP contribution in [-0.4, -0.2) is 112 Å². The molecule has 7 N–H and O–H groups in total. The number of ketones is 1. The van der Waals surface area contributed by atoms with Gasteiger partial charge in [0, 0.05) is 83.6 Å². The van der Waals surface area contributed by atoms with Crippen LogP contribution < -0.4 is 22.5 Å². The molecule has 1 atom stereocenters. The largest absolute Gasteiger partial charge is 0.465 e. The maximum absolute atomic E-state index is 12.3. The number of thiophene rings is 3. The number of nitrogens with two attached hydrogens (primary N) is 3. The lowest BCUT2D eigenvalue weighted by atomic mass is 9.98. The molecule has 5 aromatic rings. The molecule has 0 spiro atoms. The molecule has 72 heavy (non-hydrogen) atoms. The van der Waals surface area contributed by atoms with Crippen molar-refractivity contribution in [2.24, 2.45) is 5.92 Å². The number of nitrogens with zero attached hydrogens (tertiary/aromatic N) is 4. The Hall–Kier alpha value is -7.03. The highest BCUT2D eigenvalue weighted by Crippen LogP contribution is 2.37. The number of hydrogen-bond acceptors (Lipinski definition) is 20. The van der Waals surface area contributed by atoms with E-state index in [1.807, 2.05) is 66.7 Å². The first-order chi connectivity index (χ1) is 34.7. The smallest absolute Gasteiger partial charge is 0.410 e. The van der Waals surface area contributed by atoms with Crippen LogP contribution in [0.3, 0.4) is 0 Å². The highest BCUT2D eigenvalue weighted by molar-refractivity contribution is 7.15. The van der Waals surface area contributed by atoms with Gasteiger partial charge in [-0.05, 0) is 37.4 Å². The molecular weight excluding hydrogens is 985 g/mol. The molecule has 0 aliphatic carbocycles. The Morgan fingerprint density at radius 1 is 0.639 bits per heavy atom. The Bertz CT molecular complexity index is 2770. The fourth-order valence-corrected chi connectivity index (χ4v) is 11.3. The van der Waals surface area contributed by atoms with Crippen molar-refractivity contribution in [1.82, 2.24) is 20.0 Å². The molecule has 1 unspecified atom stereocenters. The van der Waals surface area contributed by atoms with Crippen molar-refractivity contribution in [2.75, 3.05) is 78.3 Å². The highest BCUT2D eigenvalue weighted by Gasteiger charge is 2.32. The van der Waals surface area contributed by atoms with Gasteiger partial charge in [0.05, 0.1) is 51.0 Å². The predicted molar refractivity (Wildman–Crippen MR) is 273 cm³/mol. The van der Waals surface area contributed by atoms with Gasteiger partial charge in [-0.1, -0.05) is 60.7 Å². The van der Waals surface area contributed by atoms with Gasteiger partial charge < -0.3 is 60.9 Å². The Labute approximate surface area is 429 Å². The van der Waals surface area contributed by atoms with Gasteiger partial charge in [-0.15, -0.1) is 34.0 Å². The van der Waals surface area contributed by atoms with E-state index in [0.29, 0.717) is 57.7 Å². The molecule has 19 nitrogen and oxygen atoms in total. The number of benzene rings is 2. The normalized spacial score (nSPS) is 15.7. The van der Waals surface area contributed by atoms with Gasteiger partial charge in [0.15, 0.2) is 5.78 Å². The number of hydrogen-bond donors (Lipinski definition) is 4. The number of piperidine rings is 1. The summed E-state index contributed by atoms with van der Waals surface area (Å²) in [4.78, 5) is 80.1. The second kappa shape index (κ2) is 25.9. The van der Waals surface area contributed by atoms with Crippen molar-refractivity contribution in [1.29, 1.82) is 5.26 Å². The van der Waals surface area contributed by atoms with Gasteiger partial charge in [0.25, 0.3) is 0 Å². The van der Waals surface area contributed by atoms with Crippen LogP contribution in [-0.2, 0) is 80.6 Å². The van der Waals surface area contributed by atoms with Gasteiger partial charge in [0.1, 0.15) is 33.8 Å². The number of anilines is 3. The van der Waals surface area contributed by atoms with Crippen LogP contribution in [0.1, 0.15) is 77.9 Å². The topological polar surface area (TPSA) is 272 Å². The molecule has 0 radical (unpaired) electrons. The summed E-state index contributed by atoms with van der Waals surface area (Å²) in [6, 6.07) is 20.8. The van der Waals surface area contributed by atoms with E-state index in [1.165, 1.54) is 70.0 Å². The van der Waals surface area contributed by atoms with E-state index in [4.69, 9.17) is 41.4 Å². The number of rotatable bonds is 7. The summed E-state index contributed by atoms with van der Waals surface area (Å²) >= 11 is 4.27. The fourth-order valence-electron chi connectivity index (χ4n) is 7.91. The number of amides is 2. The third-order valence-corrected chi connectivity index (χ3v) is 15.8. The number of methoxy groups -OCH3 is 3. The molecule has 3 aromatic heterocycles. The Kier molecular flexibility index (Phi) is 19.5. The third kappa shape index (κ3) is 13.7. The maximum atomic E-state index is 12.3. The molecule has 7 heterocycles. The van der Waals surface area contributed by atoms with Crippen molar-refractivity contribution in [3.8, 4) is 6.07 Å². The SMILES string of the molecule is COC(=O)c1sc2c(c1N)CN(C(=O)OCc1ccccc1)CC2.COC(=O)c1sc2c(c1N)CN(C)CC2.COC(=O)c1sc2c(c1N)CNCC2.N#CC1CN(C(=O)OCc2ccccc2)CCC1=O. The Morgan fingerprint density at radius 3 is 1.57 bits per heavy atom. The van der Waals surface area contributed by atoms with Gasteiger partial charge in [-0.2, -0.15) is 5.26 Å². The molecule has 2 aromatic carbocycles. The van der Waals surface area contributed by atoms with Crippen molar-refractivity contribution >= 4 is 87.0 Å². The van der Waals surface area contributed by atoms with Gasteiger partial charge in [-0.3, -0.25) is 4.79 Å². The average Bonchev–Trinajstić information content (AvgIpc) is 4.06. The minimum atomic E-state index is -0.724. The summed E-state index contributed by atoms with van der Waals surface area (Å²) in [7, 11) is 6.14. The number of nitrogen functional groups attached to an aromatic ring is 3. The van der Waals surface area contributed by atoms with Crippen LogP contribution in [0.15, 0.2) is 60.7 Å². The Morgan fingerprint density at radius 2 is 1.08 bits per heavy atom. The maximum Gasteiger partial charge on any atom is 0.410 e. The molecule has 22 heteroatoms. The zero-order chi connectivity index (χ0) is 51.9. The quantitative estimate of drug-likeness (QED) is 0.101. The summed E-state index contributed by atoms with van der Waals surface area (Å²) in [6.07, 6.45) is 1.94. The lowest BCUT2D eigenvalue weighted by Gasteiger charge is -2.27. The number of nitriles is 1. The second-order valence-electron chi connectivity index (χ2n) is 16.7. The highest BCUT2D eigenvalue weighted by atomic mass is 32.1. The molecule has 2 amide bonds. The summed E-state index contributed by atoms with van der Waals surface area (Å²) in [5, 5.41) is 12.0. The molecule has 382 valence electrons. The van der Waals surface area contributed by atoms with E-state index >= 15 is 0 Å². The zero-order valence-electron chi connectivity index (χ0n) is 40.5. The summed E-state index contributed by atoms with van der Waals surface area (Å²) in [6.45, 7) is 5.33. The molecule has 4 aliphatic rings. The monoisotopic (exact) mass is 1040 g/mol. The van der Waals surface area contributed by atoms with E-state index in [-0.39, 0.29) is 50.0 Å². The summed E-state index contributed by atoms with van der Waals surface area (Å²) in [5.41, 5.74) is 24.3. The minimum absolute atomic E-state index is 0.102. The summed E-state index contributed by atoms with van der Waals surface area (Å²) in [5.74, 6) is -1.92. The first kappa shape index (κ1) is 54.3. The van der Waals surface area contributed by atoms with E-state index in [9.17, 15) is 28.8 Å². The van der Waals surface area contributed by atoms with Crippen molar-refractivity contribution < 1.29 is 52.5 Å². The van der Waals surface area contributed by atoms with Crippen LogP contribution in [0, 0.1) is 17.2 Å². The molecule has 1 fully saturated rings. The summed E-state index contributed by atoms with van der Waals surface area (Å²) < 4.78 is 24.6. The van der Waals surface area contributed by atoms with Crippen LogP contribution in [0.2, 0.25) is 0 Å². The minimum Gasteiger partial charge on any atom is -0.465 e. The van der Waals surface area contributed by atoms with Crippen LogP contribution in [0.5, 0.6) is 0 Å². The van der Waals surface area contributed by atoms with Crippen molar-refractivity contribution in [3.63, 3.8) is 0 Å². The van der Waals surface area contributed by atoms with Crippen molar-refractivity contribution in [2.45, 2.75) is 58.5 Å². The molecule has 4 aliphatic heterocycles. The van der Waals surface area contributed by atoms with Crippen LogP contribution in [0.4, 0.5) is 26.7 Å². The predicted octanol–water partition coefficient (Wildman–Crippen LogP) is 6.42. The van der Waals surface area contributed by atoms with Crippen LogP contribution >= 0.6 is 34.0 Å². The molecule has 0 bridgehead atoms. The lowest BCUT2D eigenvalue weighted by Crippen LogP contribution is -2.43. The molecule has 0 saturated carbocycles. The Balaban J connectivity index is 0.000000160. The van der Waals surface area contributed by atoms with E-state index < -0.39 is 18.0 Å². The molecular formula is C50H58N8O11S3.